The van der Waals surface area contributed by atoms with Crippen molar-refractivity contribution in [2.45, 2.75) is 26.4 Å². The molecule has 0 saturated carbocycles. The molecule has 3 rings (SSSR count). The molecule has 0 fully saturated rings. The molecule has 0 radical (unpaired) electrons. The van der Waals surface area contributed by atoms with Gasteiger partial charge in [-0.05, 0) is 25.0 Å². The highest BCUT2D eigenvalue weighted by Gasteiger charge is 2.07. The van der Waals surface area contributed by atoms with Crippen molar-refractivity contribution in [1.82, 2.24) is 15.2 Å². The molecule has 2 aromatic carbocycles. The van der Waals surface area contributed by atoms with Gasteiger partial charge in [0.05, 0.1) is 6.20 Å². The van der Waals surface area contributed by atoms with Crippen LogP contribution in [0.2, 0.25) is 0 Å². The number of aryl methyl sites for hydroxylation is 1. The van der Waals surface area contributed by atoms with Crippen molar-refractivity contribution in [3.8, 4) is 0 Å². The third-order valence-electron chi connectivity index (χ3n) is 3.79. The van der Waals surface area contributed by atoms with Gasteiger partial charge >= 0.3 is 0 Å². The van der Waals surface area contributed by atoms with Crippen LogP contribution in [0.5, 0.6) is 0 Å². The summed E-state index contributed by atoms with van der Waals surface area (Å²) in [5.41, 5.74) is 3.63. The minimum Gasteiger partial charge on any atom is -0.362 e. The van der Waals surface area contributed by atoms with Gasteiger partial charge in [-0.15, -0.1) is 5.10 Å². The highest BCUT2D eigenvalue weighted by molar-refractivity contribution is 5.40. The summed E-state index contributed by atoms with van der Waals surface area (Å²) in [5.74, 6) is 1.22. The molecule has 24 heavy (non-hydrogen) atoms. The number of hydrogen-bond acceptors (Lipinski definition) is 5. The zero-order valence-corrected chi connectivity index (χ0v) is 13.9. The zero-order valence-electron chi connectivity index (χ0n) is 13.9. The Hall–Kier alpha value is -2.95. The maximum atomic E-state index is 4.48. The van der Waals surface area contributed by atoms with E-state index in [1.165, 1.54) is 16.7 Å². The molecule has 5 heteroatoms. The van der Waals surface area contributed by atoms with Crippen LogP contribution in [0.1, 0.15) is 29.7 Å². The second-order valence-corrected chi connectivity index (χ2v) is 5.78. The maximum absolute atomic E-state index is 4.48. The number of nitrogens with one attached hydrogen (secondary N) is 2. The lowest BCUT2D eigenvalue weighted by Gasteiger charge is -2.15. The number of benzene rings is 2. The molecular weight excluding hydrogens is 298 g/mol. The first-order chi connectivity index (χ1) is 11.7. The summed E-state index contributed by atoms with van der Waals surface area (Å²) in [7, 11) is 0. The summed E-state index contributed by atoms with van der Waals surface area (Å²) >= 11 is 0. The maximum Gasteiger partial charge on any atom is 0.244 e. The number of hydrogen-bond donors (Lipinski definition) is 2. The van der Waals surface area contributed by atoms with Crippen LogP contribution in [-0.4, -0.2) is 15.2 Å². The van der Waals surface area contributed by atoms with Gasteiger partial charge in [0.1, 0.15) is 0 Å². The Labute approximate surface area is 142 Å². The van der Waals surface area contributed by atoms with Gasteiger partial charge in [0.25, 0.3) is 0 Å². The van der Waals surface area contributed by atoms with E-state index in [1.807, 2.05) is 18.2 Å². The standard InChI is InChI=1S/C19H21N5/c1-14-8-10-16(11-9-14)12-20-19-23-18(13-21-24-19)22-15(2)17-6-4-3-5-7-17/h3-11,13,15H,12H2,1-2H3,(H2,20,22,23,24). The summed E-state index contributed by atoms with van der Waals surface area (Å²) in [6.07, 6.45) is 1.64. The summed E-state index contributed by atoms with van der Waals surface area (Å²) in [4.78, 5) is 4.48. The van der Waals surface area contributed by atoms with Crippen LogP contribution in [0.15, 0.2) is 60.8 Å². The van der Waals surface area contributed by atoms with E-state index in [2.05, 4.69) is 76.1 Å². The van der Waals surface area contributed by atoms with Gasteiger partial charge in [-0.2, -0.15) is 10.1 Å². The van der Waals surface area contributed by atoms with Gasteiger partial charge in [0.15, 0.2) is 5.82 Å². The van der Waals surface area contributed by atoms with E-state index in [9.17, 15) is 0 Å². The van der Waals surface area contributed by atoms with Crippen LogP contribution in [0, 0.1) is 6.92 Å². The lowest BCUT2D eigenvalue weighted by atomic mass is 10.1. The molecule has 0 spiro atoms. The fourth-order valence-electron chi connectivity index (χ4n) is 2.38. The van der Waals surface area contributed by atoms with Crippen molar-refractivity contribution in [3.63, 3.8) is 0 Å². The van der Waals surface area contributed by atoms with Gasteiger partial charge in [-0.3, -0.25) is 0 Å². The van der Waals surface area contributed by atoms with E-state index in [1.54, 1.807) is 6.20 Å². The minimum atomic E-state index is 0.146. The molecule has 0 amide bonds. The van der Waals surface area contributed by atoms with E-state index in [4.69, 9.17) is 0 Å². The second-order valence-electron chi connectivity index (χ2n) is 5.78. The first-order valence-corrected chi connectivity index (χ1v) is 8.01. The molecule has 0 aliphatic rings. The molecule has 122 valence electrons. The molecule has 1 atom stereocenters. The Bertz CT molecular complexity index is 771. The summed E-state index contributed by atoms with van der Waals surface area (Å²) in [6, 6.07) is 18.8. The van der Waals surface area contributed by atoms with Gasteiger partial charge < -0.3 is 10.6 Å². The van der Waals surface area contributed by atoms with Crippen LogP contribution >= 0.6 is 0 Å². The molecule has 2 N–H and O–H groups in total. The third kappa shape index (κ3) is 4.29. The second kappa shape index (κ2) is 7.55. The van der Waals surface area contributed by atoms with Crippen LogP contribution in [0.25, 0.3) is 0 Å². The Morgan fingerprint density at radius 3 is 2.50 bits per heavy atom. The van der Waals surface area contributed by atoms with Crippen molar-refractivity contribution < 1.29 is 0 Å². The predicted octanol–water partition coefficient (Wildman–Crippen LogP) is 3.97. The van der Waals surface area contributed by atoms with Crippen LogP contribution in [0.3, 0.4) is 0 Å². The van der Waals surface area contributed by atoms with Crippen LogP contribution in [-0.2, 0) is 6.54 Å². The lowest BCUT2D eigenvalue weighted by Crippen LogP contribution is -2.11. The minimum absolute atomic E-state index is 0.146. The van der Waals surface area contributed by atoms with Crippen molar-refractivity contribution in [3.05, 3.63) is 77.5 Å². The molecule has 1 unspecified atom stereocenters. The Kier molecular flexibility index (Phi) is 5.01. The first kappa shape index (κ1) is 15.9. The highest BCUT2D eigenvalue weighted by atomic mass is 15.3. The summed E-state index contributed by atoms with van der Waals surface area (Å²) in [6.45, 7) is 4.84. The first-order valence-electron chi connectivity index (χ1n) is 8.01. The zero-order chi connectivity index (χ0) is 16.8. The largest absolute Gasteiger partial charge is 0.362 e. The van der Waals surface area contributed by atoms with E-state index in [0.29, 0.717) is 18.3 Å². The summed E-state index contributed by atoms with van der Waals surface area (Å²) < 4.78 is 0. The fourth-order valence-corrected chi connectivity index (χ4v) is 2.38. The van der Waals surface area contributed by atoms with Crippen LogP contribution in [0.4, 0.5) is 11.8 Å². The Morgan fingerprint density at radius 1 is 1.00 bits per heavy atom. The number of rotatable bonds is 6. The Balaban J connectivity index is 1.62. The van der Waals surface area contributed by atoms with Gasteiger partial charge in [0, 0.05) is 12.6 Å². The average molecular weight is 319 g/mol. The van der Waals surface area contributed by atoms with E-state index < -0.39 is 0 Å². The highest BCUT2D eigenvalue weighted by Crippen LogP contribution is 2.17. The van der Waals surface area contributed by atoms with Gasteiger partial charge in [-0.1, -0.05) is 60.2 Å². The number of anilines is 2. The monoisotopic (exact) mass is 319 g/mol. The van der Waals surface area contributed by atoms with Gasteiger partial charge in [0.2, 0.25) is 5.95 Å². The molecule has 1 aromatic heterocycles. The molecule has 0 aliphatic heterocycles. The van der Waals surface area contributed by atoms with E-state index in [0.717, 1.165) is 0 Å². The smallest absolute Gasteiger partial charge is 0.244 e. The van der Waals surface area contributed by atoms with Crippen molar-refractivity contribution in [2.75, 3.05) is 10.6 Å². The lowest BCUT2D eigenvalue weighted by molar-refractivity contribution is 0.857. The fraction of sp³-hybridized carbons (Fsp3) is 0.211. The quantitative estimate of drug-likeness (QED) is 0.720. The molecule has 1 heterocycles. The predicted molar refractivity (Wildman–Crippen MR) is 96.8 cm³/mol. The van der Waals surface area contributed by atoms with Crippen molar-refractivity contribution >= 4 is 11.8 Å². The van der Waals surface area contributed by atoms with Crippen molar-refractivity contribution in [2.24, 2.45) is 0 Å². The van der Waals surface area contributed by atoms with E-state index in [-0.39, 0.29) is 6.04 Å². The van der Waals surface area contributed by atoms with Gasteiger partial charge in [-0.25, -0.2) is 0 Å². The molecular formula is C19H21N5. The number of nitrogens with zero attached hydrogens (tertiary/aromatic N) is 3. The third-order valence-corrected chi connectivity index (χ3v) is 3.79. The molecule has 0 aliphatic carbocycles. The number of aromatic nitrogens is 3. The average Bonchev–Trinajstić information content (AvgIpc) is 2.62. The topological polar surface area (TPSA) is 62.7 Å². The SMILES string of the molecule is Cc1ccc(CNc2nncc(NC(C)c3ccccc3)n2)cc1. The normalized spacial score (nSPS) is 11.8. The molecule has 0 bridgehead atoms. The van der Waals surface area contributed by atoms with E-state index >= 15 is 0 Å². The molecule has 3 aromatic rings. The Morgan fingerprint density at radius 2 is 1.75 bits per heavy atom. The molecule has 0 saturated heterocycles. The van der Waals surface area contributed by atoms with Crippen LogP contribution < -0.4 is 10.6 Å². The molecule has 5 nitrogen and oxygen atoms in total. The summed E-state index contributed by atoms with van der Waals surface area (Å²) in [5, 5.41) is 14.6. The van der Waals surface area contributed by atoms with Crippen molar-refractivity contribution in [1.29, 1.82) is 0 Å².